The van der Waals surface area contributed by atoms with Gasteiger partial charge in [0.15, 0.2) is 0 Å². The molecule has 0 aromatic carbocycles. The molecule has 1 aliphatic rings. The summed E-state index contributed by atoms with van der Waals surface area (Å²) in [6.45, 7) is 6.68. The lowest BCUT2D eigenvalue weighted by Crippen LogP contribution is -2.43. The molecule has 20 heavy (non-hydrogen) atoms. The van der Waals surface area contributed by atoms with Crippen LogP contribution in [-0.2, 0) is 9.22 Å². The predicted molar refractivity (Wildman–Crippen MR) is 88.6 cm³/mol. The summed E-state index contributed by atoms with van der Waals surface area (Å²) < 4.78 is 5.41. The fraction of sp³-hybridized carbons (Fsp3) is 0.941. The maximum Gasteiger partial charge on any atom is 0.298 e. The second-order valence-electron chi connectivity index (χ2n) is 6.59. The van der Waals surface area contributed by atoms with Crippen molar-refractivity contribution in [2.45, 2.75) is 85.0 Å². The van der Waals surface area contributed by atoms with Crippen molar-refractivity contribution in [2.24, 2.45) is 17.3 Å². The van der Waals surface area contributed by atoms with Gasteiger partial charge in [-0.2, -0.15) is 0 Å². The van der Waals surface area contributed by atoms with E-state index in [1.54, 1.807) is 0 Å². The van der Waals surface area contributed by atoms with Crippen LogP contribution in [0.15, 0.2) is 0 Å². The van der Waals surface area contributed by atoms with Crippen LogP contribution in [0, 0.1) is 17.3 Å². The van der Waals surface area contributed by atoms with Crippen molar-refractivity contribution in [3.8, 4) is 0 Å². The molecule has 1 rings (SSSR count). The van der Waals surface area contributed by atoms with Gasteiger partial charge in [-0.1, -0.05) is 65.7 Å². The molecule has 0 bridgehead atoms. The van der Waals surface area contributed by atoms with Crippen LogP contribution in [0.4, 0.5) is 0 Å². The summed E-state index contributed by atoms with van der Waals surface area (Å²) in [6, 6.07) is 0. The second-order valence-corrected chi connectivity index (χ2v) is 7.00. The normalized spacial score (nSPS) is 18.4. The van der Waals surface area contributed by atoms with E-state index in [1.807, 2.05) is 0 Å². The van der Waals surface area contributed by atoms with E-state index in [9.17, 15) is 4.79 Å². The lowest BCUT2D eigenvalue weighted by atomic mass is 9.62. The summed E-state index contributed by atoms with van der Waals surface area (Å²) in [5, 5.41) is 0. The zero-order valence-corrected chi connectivity index (χ0v) is 16.0. The molecule has 118 valence electrons. The maximum atomic E-state index is 12.7. The standard InChI is InChI=1S/C17H34O2Si/c1-4-9-15(14-10-7-8-11-14)17(12-5-2,13-6-3)16(18)19-20/h14-15H,4-13H2,1-3,20H3. The summed E-state index contributed by atoms with van der Waals surface area (Å²) >= 11 is 0. The zero-order valence-electron chi connectivity index (χ0n) is 14.0. The van der Waals surface area contributed by atoms with Gasteiger partial charge in [0.05, 0.1) is 5.41 Å². The largest absolute Gasteiger partial charge is 0.528 e. The van der Waals surface area contributed by atoms with Crippen molar-refractivity contribution in [2.75, 3.05) is 0 Å². The van der Waals surface area contributed by atoms with Gasteiger partial charge in [-0.3, -0.25) is 4.79 Å². The molecule has 1 fully saturated rings. The van der Waals surface area contributed by atoms with Crippen LogP contribution >= 0.6 is 0 Å². The van der Waals surface area contributed by atoms with Gasteiger partial charge in [0.25, 0.3) is 5.97 Å². The van der Waals surface area contributed by atoms with E-state index < -0.39 is 0 Å². The van der Waals surface area contributed by atoms with E-state index >= 15 is 0 Å². The quantitative estimate of drug-likeness (QED) is 0.601. The summed E-state index contributed by atoms with van der Waals surface area (Å²) in [7, 11) is 0.533. The smallest absolute Gasteiger partial charge is 0.298 e. The van der Waals surface area contributed by atoms with E-state index in [0.29, 0.717) is 16.4 Å². The van der Waals surface area contributed by atoms with E-state index in [1.165, 1.54) is 38.5 Å². The maximum absolute atomic E-state index is 12.7. The third kappa shape index (κ3) is 3.87. The van der Waals surface area contributed by atoms with E-state index in [4.69, 9.17) is 4.43 Å². The number of hydrogen-bond acceptors (Lipinski definition) is 2. The van der Waals surface area contributed by atoms with Gasteiger partial charge in [-0.05, 0) is 31.1 Å². The Labute approximate surface area is 128 Å². The Bertz CT molecular complexity index is 279. The average Bonchev–Trinajstić information content (AvgIpc) is 2.97. The van der Waals surface area contributed by atoms with Crippen LogP contribution in [0.2, 0.25) is 0 Å². The molecule has 3 heteroatoms. The first-order valence-corrected chi connectivity index (χ1v) is 9.56. The SMILES string of the molecule is CCCC(C1CCCC1)C(CCC)(CCC)C(=O)O[SiH3]. The molecule has 0 saturated heterocycles. The Morgan fingerprint density at radius 1 is 1.15 bits per heavy atom. The molecule has 0 N–H and O–H groups in total. The van der Waals surface area contributed by atoms with Crippen molar-refractivity contribution in [1.82, 2.24) is 0 Å². The Hall–Kier alpha value is -0.313. The highest BCUT2D eigenvalue weighted by atomic mass is 28.2. The molecular formula is C17H34O2Si. The van der Waals surface area contributed by atoms with Gasteiger partial charge in [-0.25, -0.2) is 0 Å². The Balaban J connectivity index is 3.08. The van der Waals surface area contributed by atoms with Gasteiger partial charge < -0.3 is 4.43 Å². The number of carbonyl (C=O) groups is 1. The molecule has 1 atom stereocenters. The predicted octanol–water partition coefficient (Wildman–Crippen LogP) is 4.00. The van der Waals surface area contributed by atoms with Crippen molar-refractivity contribution in [3.05, 3.63) is 0 Å². The van der Waals surface area contributed by atoms with Gasteiger partial charge in [0.1, 0.15) is 0 Å². The van der Waals surface area contributed by atoms with Crippen LogP contribution in [-0.4, -0.2) is 16.5 Å². The Morgan fingerprint density at radius 2 is 1.70 bits per heavy atom. The Morgan fingerprint density at radius 3 is 2.10 bits per heavy atom. The van der Waals surface area contributed by atoms with Crippen molar-refractivity contribution in [1.29, 1.82) is 0 Å². The Kier molecular flexibility index (Phi) is 7.86. The number of hydrogen-bond donors (Lipinski definition) is 0. The van der Waals surface area contributed by atoms with Crippen LogP contribution < -0.4 is 0 Å². The van der Waals surface area contributed by atoms with Crippen LogP contribution in [0.5, 0.6) is 0 Å². The zero-order chi connectivity index (χ0) is 15.0. The van der Waals surface area contributed by atoms with Crippen molar-refractivity contribution < 1.29 is 9.22 Å². The summed E-state index contributed by atoms with van der Waals surface area (Å²) in [6.07, 6.45) is 12.0. The highest BCUT2D eigenvalue weighted by Crippen LogP contribution is 2.49. The summed E-state index contributed by atoms with van der Waals surface area (Å²) in [5.74, 6) is 1.43. The van der Waals surface area contributed by atoms with Crippen molar-refractivity contribution >= 4 is 16.5 Å². The molecule has 1 aliphatic carbocycles. The molecular weight excluding hydrogens is 264 g/mol. The highest BCUT2D eigenvalue weighted by molar-refractivity contribution is 6.06. The first kappa shape index (κ1) is 17.7. The fourth-order valence-electron chi connectivity index (χ4n) is 4.58. The van der Waals surface area contributed by atoms with Crippen LogP contribution in [0.1, 0.15) is 85.0 Å². The monoisotopic (exact) mass is 298 g/mol. The van der Waals surface area contributed by atoms with Gasteiger partial charge in [0.2, 0.25) is 10.5 Å². The minimum Gasteiger partial charge on any atom is -0.528 e. The van der Waals surface area contributed by atoms with E-state index in [0.717, 1.165) is 31.6 Å². The van der Waals surface area contributed by atoms with Gasteiger partial charge in [0, 0.05) is 0 Å². The van der Waals surface area contributed by atoms with E-state index in [2.05, 4.69) is 20.8 Å². The fourth-order valence-corrected chi connectivity index (χ4v) is 4.99. The lowest BCUT2D eigenvalue weighted by Gasteiger charge is -2.42. The average molecular weight is 299 g/mol. The topological polar surface area (TPSA) is 26.3 Å². The molecule has 1 saturated carbocycles. The molecule has 0 radical (unpaired) electrons. The molecule has 0 amide bonds. The highest BCUT2D eigenvalue weighted by Gasteiger charge is 2.47. The van der Waals surface area contributed by atoms with Crippen LogP contribution in [0.25, 0.3) is 0 Å². The molecule has 1 unspecified atom stereocenters. The van der Waals surface area contributed by atoms with Crippen molar-refractivity contribution in [3.63, 3.8) is 0 Å². The lowest BCUT2D eigenvalue weighted by molar-refractivity contribution is -0.153. The molecule has 0 spiro atoms. The van der Waals surface area contributed by atoms with Gasteiger partial charge >= 0.3 is 0 Å². The summed E-state index contributed by atoms with van der Waals surface area (Å²) in [4.78, 5) is 12.7. The minimum atomic E-state index is -0.184. The third-order valence-electron chi connectivity index (χ3n) is 5.26. The second kappa shape index (κ2) is 8.86. The van der Waals surface area contributed by atoms with Gasteiger partial charge in [-0.15, -0.1) is 0 Å². The van der Waals surface area contributed by atoms with Crippen LogP contribution in [0.3, 0.4) is 0 Å². The first-order valence-electron chi connectivity index (χ1n) is 8.74. The minimum absolute atomic E-state index is 0.123. The molecule has 0 heterocycles. The molecule has 0 aliphatic heterocycles. The third-order valence-corrected chi connectivity index (χ3v) is 5.63. The molecule has 0 aromatic heterocycles. The number of carbonyl (C=O) groups excluding carboxylic acids is 1. The summed E-state index contributed by atoms with van der Waals surface area (Å²) in [5.41, 5.74) is -0.184. The van der Waals surface area contributed by atoms with E-state index in [-0.39, 0.29) is 11.4 Å². The molecule has 0 aromatic rings. The number of rotatable bonds is 9. The first-order chi connectivity index (χ1) is 9.66. The molecule has 2 nitrogen and oxygen atoms in total.